The monoisotopic (exact) mass is 462 g/mol. The fourth-order valence-corrected chi connectivity index (χ4v) is 3.10. The molecule has 0 aliphatic heterocycles. The van der Waals surface area contributed by atoms with Gasteiger partial charge in [0.2, 0.25) is 5.89 Å². The molecule has 4 rings (SSSR count). The first-order chi connectivity index (χ1) is 14.7. The summed E-state index contributed by atoms with van der Waals surface area (Å²) in [6, 6.07) is 4.57. The Bertz CT molecular complexity index is 1300. The van der Waals surface area contributed by atoms with E-state index in [0.29, 0.717) is 11.4 Å². The number of benzene rings is 1. The van der Waals surface area contributed by atoms with Crippen LogP contribution in [0.3, 0.4) is 0 Å². The van der Waals surface area contributed by atoms with Gasteiger partial charge in [-0.1, -0.05) is 25.9 Å². The minimum atomic E-state index is -0.788. The predicted molar refractivity (Wildman–Crippen MR) is 114 cm³/mol. The summed E-state index contributed by atoms with van der Waals surface area (Å²) in [7, 11) is 0. The van der Waals surface area contributed by atoms with Gasteiger partial charge in [0.25, 0.3) is 11.7 Å². The zero-order valence-corrected chi connectivity index (χ0v) is 18.6. The highest BCUT2D eigenvalue weighted by Crippen LogP contribution is 2.31. The maximum Gasteiger partial charge on any atom is 0.292 e. The van der Waals surface area contributed by atoms with E-state index in [1.165, 1.54) is 23.8 Å². The predicted octanol–water partition coefficient (Wildman–Crippen LogP) is 4.02. The number of carbonyl (C=O) groups excluding carboxylic acids is 1. The zero-order valence-electron chi connectivity index (χ0n) is 17.8. The first kappa shape index (κ1) is 23.3. The molecule has 11 heteroatoms. The normalized spacial score (nSPS) is 11.4. The van der Waals surface area contributed by atoms with Crippen LogP contribution in [-0.2, 0) is 12.0 Å². The molecule has 0 aliphatic carbocycles. The molecule has 1 aromatic carbocycles. The molecule has 0 saturated heterocycles. The third-order valence-corrected chi connectivity index (χ3v) is 4.85. The van der Waals surface area contributed by atoms with Crippen LogP contribution in [0, 0.1) is 18.6 Å². The average molecular weight is 463 g/mol. The summed E-state index contributed by atoms with van der Waals surface area (Å²) in [6.45, 7) is 7.03. The highest BCUT2D eigenvalue weighted by Gasteiger charge is 2.25. The molecule has 8 nitrogen and oxygen atoms in total. The van der Waals surface area contributed by atoms with Crippen molar-refractivity contribution < 1.29 is 18.1 Å². The van der Waals surface area contributed by atoms with Gasteiger partial charge in [-0.2, -0.15) is 10.1 Å². The molecule has 0 bridgehead atoms. The van der Waals surface area contributed by atoms with Crippen molar-refractivity contribution in [3.63, 3.8) is 0 Å². The van der Waals surface area contributed by atoms with E-state index >= 15 is 4.39 Å². The first-order valence-electron chi connectivity index (χ1n) is 9.55. The topological polar surface area (TPSA) is 98.2 Å². The molecular weight excluding hydrogens is 442 g/mol. The van der Waals surface area contributed by atoms with Gasteiger partial charge in [-0.25, -0.2) is 18.3 Å². The van der Waals surface area contributed by atoms with Crippen molar-refractivity contribution >= 4 is 23.8 Å². The second-order valence-corrected chi connectivity index (χ2v) is 8.13. The second kappa shape index (κ2) is 8.62. The molecule has 0 radical (unpaired) electrons. The van der Waals surface area contributed by atoms with Crippen molar-refractivity contribution in [3.05, 3.63) is 65.2 Å². The van der Waals surface area contributed by atoms with Gasteiger partial charge in [-0.05, 0) is 36.2 Å². The summed E-state index contributed by atoms with van der Waals surface area (Å²) in [5, 5.41) is 10.3. The third kappa shape index (κ3) is 4.18. The van der Waals surface area contributed by atoms with E-state index in [2.05, 4.69) is 25.5 Å². The SMILES string of the molecule is Cc1c(CNC(=O)c2noc(C(C)(C)C)n2)cc(F)c(-c2ncnn3cccc23)c1F.Cl. The van der Waals surface area contributed by atoms with Crippen LogP contribution < -0.4 is 5.32 Å². The number of nitrogens with zero attached hydrogens (tertiary/aromatic N) is 5. The van der Waals surface area contributed by atoms with Crippen LogP contribution >= 0.6 is 12.4 Å². The van der Waals surface area contributed by atoms with Crippen LogP contribution in [0.2, 0.25) is 0 Å². The lowest BCUT2D eigenvalue weighted by Crippen LogP contribution is -2.25. The third-order valence-electron chi connectivity index (χ3n) is 4.85. The van der Waals surface area contributed by atoms with Gasteiger partial charge in [0, 0.05) is 18.2 Å². The number of nitrogens with one attached hydrogen (secondary N) is 1. The number of amides is 1. The van der Waals surface area contributed by atoms with Gasteiger partial charge in [-0.3, -0.25) is 4.79 Å². The second-order valence-electron chi connectivity index (χ2n) is 8.13. The lowest BCUT2D eigenvalue weighted by molar-refractivity contribution is 0.0937. The van der Waals surface area contributed by atoms with E-state index < -0.39 is 23.0 Å². The van der Waals surface area contributed by atoms with Crippen LogP contribution in [-0.4, -0.2) is 30.6 Å². The summed E-state index contributed by atoms with van der Waals surface area (Å²) in [5.74, 6) is -1.97. The van der Waals surface area contributed by atoms with Crippen LogP contribution in [0.1, 0.15) is 48.4 Å². The quantitative estimate of drug-likeness (QED) is 0.492. The Morgan fingerprint density at radius 2 is 2.03 bits per heavy atom. The van der Waals surface area contributed by atoms with Crippen molar-refractivity contribution in [1.29, 1.82) is 0 Å². The van der Waals surface area contributed by atoms with Crippen molar-refractivity contribution in [1.82, 2.24) is 30.1 Å². The van der Waals surface area contributed by atoms with E-state index in [0.717, 1.165) is 0 Å². The van der Waals surface area contributed by atoms with Crippen molar-refractivity contribution in [2.75, 3.05) is 0 Å². The maximum absolute atomic E-state index is 15.2. The lowest BCUT2D eigenvalue weighted by atomic mass is 9.97. The Morgan fingerprint density at radius 1 is 1.28 bits per heavy atom. The van der Waals surface area contributed by atoms with Crippen molar-refractivity contribution in [3.8, 4) is 11.3 Å². The number of hydrogen-bond donors (Lipinski definition) is 1. The Morgan fingerprint density at radius 3 is 2.72 bits per heavy atom. The van der Waals surface area contributed by atoms with Crippen LogP contribution in [0.15, 0.2) is 35.2 Å². The minimum Gasteiger partial charge on any atom is -0.345 e. The summed E-state index contributed by atoms with van der Waals surface area (Å²) in [4.78, 5) is 20.5. The summed E-state index contributed by atoms with van der Waals surface area (Å²) < 4.78 is 36.7. The Kier molecular flexibility index (Phi) is 6.27. The number of fused-ring (bicyclic) bond motifs is 1. The number of carbonyl (C=O) groups is 1. The van der Waals surface area contributed by atoms with Crippen molar-refractivity contribution in [2.45, 2.75) is 39.7 Å². The van der Waals surface area contributed by atoms with Crippen LogP contribution in [0.5, 0.6) is 0 Å². The molecule has 0 atom stereocenters. The van der Waals surface area contributed by atoms with Crippen LogP contribution in [0.25, 0.3) is 16.8 Å². The molecule has 168 valence electrons. The summed E-state index contributed by atoms with van der Waals surface area (Å²) >= 11 is 0. The number of rotatable bonds is 4. The molecule has 1 amide bonds. The summed E-state index contributed by atoms with van der Waals surface area (Å²) in [5.41, 5.74) is 0.460. The van der Waals surface area contributed by atoms with Crippen LogP contribution in [0.4, 0.5) is 8.78 Å². The molecule has 0 spiro atoms. The number of aromatic nitrogens is 5. The fraction of sp³-hybridized carbons (Fsp3) is 0.286. The molecule has 3 aromatic heterocycles. The Labute approximate surface area is 188 Å². The number of halogens is 3. The molecule has 0 unspecified atom stereocenters. The average Bonchev–Trinajstić information content (AvgIpc) is 3.39. The Balaban J connectivity index is 0.00000289. The van der Waals surface area contributed by atoms with Gasteiger partial charge in [0.1, 0.15) is 23.7 Å². The highest BCUT2D eigenvalue weighted by molar-refractivity contribution is 5.90. The standard InChI is InChI=1S/C21H20F2N6O2.ClH/c1-11-12(9-24-19(30)18-27-20(31-28-18)21(2,3)4)8-13(22)15(16(11)23)17-14-6-5-7-29(14)26-10-25-17;/h5-8,10H,9H2,1-4H3,(H,24,30);1H. The lowest BCUT2D eigenvalue weighted by Gasteiger charge is -2.13. The maximum atomic E-state index is 15.2. The van der Waals surface area contributed by atoms with E-state index in [9.17, 15) is 9.18 Å². The van der Waals surface area contributed by atoms with Gasteiger partial charge < -0.3 is 9.84 Å². The summed E-state index contributed by atoms with van der Waals surface area (Å²) in [6.07, 6.45) is 2.90. The molecule has 32 heavy (non-hydrogen) atoms. The van der Waals surface area contributed by atoms with Crippen molar-refractivity contribution in [2.24, 2.45) is 0 Å². The fourth-order valence-electron chi connectivity index (χ4n) is 3.10. The largest absolute Gasteiger partial charge is 0.345 e. The molecule has 3 heterocycles. The van der Waals surface area contributed by atoms with Gasteiger partial charge in [0.05, 0.1) is 11.1 Å². The molecular formula is C21H21ClF2N6O2. The van der Waals surface area contributed by atoms with Gasteiger partial charge in [-0.15, -0.1) is 12.4 Å². The number of hydrogen-bond acceptors (Lipinski definition) is 6. The highest BCUT2D eigenvalue weighted by atomic mass is 35.5. The van der Waals surface area contributed by atoms with E-state index in [1.54, 1.807) is 18.3 Å². The Hall–Kier alpha value is -3.40. The molecule has 0 fully saturated rings. The smallest absolute Gasteiger partial charge is 0.292 e. The zero-order chi connectivity index (χ0) is 22.3. The van der Waals surface area contributed by atoms with E-state index in [1.807, 2.05) is 20.8 Å². The van der Waals surface area contributed by atoms with E-state index in [-0.39, 0.29) is 47.2 Å². The van der Waals surface area contributed by atoms with E-state index in [4.69, 9.17) is 4.52 Å². The molecule has 0 saturated carbocycles. The first-order valence-corrected chi connectivity index (χ1v) is 9.55. The minimum absolute atomic E-state index is 0. The molecule has 1 N–H and O–H groups in total. The molecule has 0 aliphatic rings. The van der Waals surface area contributed by atoms with Gasteiger partial charge >= 0.3 is 0 Å². The molecule has 4 aromatic rings. The van der Waals surface area contributed by atoms with Gasteiger partial charge in [0.15, 0.2) is 0 Å².